The number of hydrogen-bond acceptors (Lipinski definition) is 4. The topological polar surface area (TPSA) is 62.8 Å². The fourth-order valence-corrected chi connectivity index (χ4v) is 5.20. The predicted octanol–water partition coefficient (Wildman–Crippen LogP) is 5.29. The Morgan fingerprint density at radius 3 is 2.56 bits per heavy atom. The highest BCUT2D eigenvalue weighted by molar-refractivity contribution is 7.80. The smallest absolute Gasteiger partial charge is 0.236 e. The van der Waals surface area contributed by atoms with E-state index in [4.69, 9.17) is 33.3 Å². The summed E-state index contributed by atoms with van der Waals surface area (Å²) in [7, 11) is 1.56. The zero-order valence-corrected chi connectivity index (χ0v) is 19.9. The summed E-state index contributed by atoms with van der Waals surface area (Å²) in [6.07, 6.45) is 0. The predicted molar refractivity (Wildman–Crippen MR) is 133 cm³/mol. The minimum atomic E-state index is -1.25. The first-order valence-corrected chi connectivity index (χ1v) is 11.4. The fourth-order valence-electron chi connectivity index (χ4n) is 4.66. The summed E-state index contributed by atoms with van der Waals surface area (Å²) in [5, 5.41) is 7.22. The third-order valence-corrected chi connectivity index (χ3v) is 6.74. The van der Waals surface area contributed by atoms with Crippen LogP contribution >= 0.6 is 23.8 Å². The van der Waals surface area contributed by atoms with Gasteiger partial charge in [-0.25, -0.2) is 4.39 Å². The van der Waals surface area contributed by atoms with Crippen LogP contribution < -0.4 is 25.0 Å². The summed E-state index contributed by atoms with van der Waals surface area (Å²) < 4.78 is 25.8. The summed E-state index contributed by atoms with van der Waals surface area (Å²) in [5.41, 5.74) is 0.697. The van der Waals surface area contributed by atoms with Crippen LogP contribution in [0.25, 0.3) is 0 Å². The lowest BCUT2D eigenvalue weighted by molar-refractivity contribution is -0.130. The Bertz CT molecular complexity index is 1270. The fraction of sp³-hybridized carbons (Fsp3) is 0.200. The average Bonchev–Trinajstić information content (AvgIpc) is 2.81. The second-order valence-corrected chi connectivity index (χ2v) is 9.07. The molecule has 1 amide bonds. The molecule has 6 nitrogen and oxygen atoms in total. The highest BCUT2D eigenvalue weighted by Crippen LogP contribution is 2.52. The molecule has 0 radical (unpaired) electrons. The molecule has 2 heterocycles. The Kier molecular flexibility index (Phi) is 5.58. The Balaban J connectivity index is 1.64. The molecule has 0 aromatic heterocycles. The zero-order chi connectivity index (χ0) is 24.0. The van der Waals surface area contributed by atoms with Crippen LogP contribution in [0.2, 0.25) is 5.02 Å². The van der Waals surface area contributed by atoms with Gasteiger partial charge in [0.2, 0.25) is 5.91 Å². The maximum atomic E-state index is 13.7. The van der Waals surface area contributed by atoms with E-state index in [1.165, 1.54) is 12.1 Å². The summed E-state index contributed by atoms with van der Waals surface area (Å²) in [6.45, 7) is 1.80. The Labute approximate surface area is 206 Å². The molecule has 0 saturated carbocycles. The van der Waals surface area contributed by atoms with Crippen LogP contribution in [-0.2, 0) is 4.79 Å². The normalized spacial score (nSPS) is 22.8. The van der Waals surface area contributed by atoms with E-state index in [2.05, 4.69) is 10.6 Å². The van der Waals surface area contributed by atoms with Gasteiger partial charge < -0.3 is 20.1 Å². The monoisotopic (exact) mass is 497 g/mol. The van der Waals surface area contributed by atoms with Crippen molar-refractivity contribution in [3.8, 4) is 11.5 Å². The highest BCUT2D eigenvalue weighted by Gasteiger charge is 2.59. The number of methoxy groups -OCH3 is 1. The van der Waals surface area contributed by atoms with Crippen molar-refractivity contribution in [1.29, 1.82) is 0 Å². The van der Waals surface area contributed by atoms with Gasteiger partial charge in [-0.05, 0) is 73.7 Å². The van der Waals surface area contributed by atoms with E-state index in [9.17, 15) is 9.18 Å². The lowest BCUT2D eigenvalue weighted by Crippen LogP contribution is -2.72. The number of nitrogens with one attached hydrogen (secondary N) is 2. The van der Waals surface area contributed by atoms with Crippen molar-refractivity contribution in [2.45, 2.75) is 18.7 Å². The second-order valence-electron chi connectivity index (χ2n) is 8.25. The lowest BCUT2D eigenvalue weighted by atomic mass is 9.78. The third kappa shape index (κ3) is 3.63. The standard InChI is InChI=1S/C25H21ClFN3O3S/c1-25-20(23(31)28-16-10-6-14(26)7-11-16)21(18-4-3-5-19(32-2)22(18)33-25)29-24(34)30(25)17-12-8-15(27)9-13-17/h3-13,20-21H,1-2H3,(H,28,31)(H,29,34)/t20-,21-,25-/m0/s1. The number of carbonyl (C=O) groups is 1. The van der Waals surface area contributed by atoms with Gasteiger partial charge >= 0.3 is 0 Å². The van der Waals surface area contributed by atoms with E-state index in [1.54, 1.807) is 61.4 Å². The molecule has 9 heteroatoms. The van der Waals surface area contributed by atoms with Crippen molar-refractivity contribution >= 4 is 46.2 Å². The van der Waals surface area contributed by atoms with E-state index in [0.717, 1.165) is 5.56 Å². The van der Waals surface area contributed by atoms with Gasteiger partial charge in [0.15, 0.2) is 22.3 Å². The van der Waals surface area contributed by atoms with E-state index in [-0.39, 0.29) is 11.7 Å². The Morgan fingerprint density at radius 2 is 1.88 bits per heavy atom. The molecule has 3 atom stereocenters. The maximum Gasteiger partial charge on any atom is 0.236 e. The van der Waals surface area contributed by atoms with Gasteiger partial charge in [-0.15, -0.1) is 0 Å². The summed E-state index contributed by atoms with van der Waals surface area (Å²) in [4.78, 5) is 15.5. The Morgan fingerprint density at radius 1 is 1.18 bits per heavy atom. The average molecular weight is 498 g/mol. The number of carbonyl (C=O) groups excluding carboxylic acids is 1. The van der Waals surface area contributed by atoms with Crippen molar-refractivity contribution < 1.29 is 18.7 Å². The van der Waals surface area contributed by atoms with Crippen LogP contribution in [0.1, 0.15) is 18.5 Å². The molecular weight excluding hydrogens is 477 g/mol. The van der Waals surface area contributed by atoms with E-state index >= 15 is 0 Å². The molecule has 174 valence electrons. The van der Waals surface area contributed by atoms with Crippen molar-refractivity contribution in [2.75, 3.05) is 17.3 Å². The first-order valence-electron chi connectivity index (χ1n) is 10.6. The molecule has 34 heavy (non-hydrogen) atoms. The van der Waals surface area contributed by atoms with E-state index < -0.39 is 17.7 Å². The summed E-state index contributed by atoms with van der Waals surface area (Å²) >= 11 is 11.7. The van der Waals surface area contributed by atoms with Crippen LogP contribution in [0.3, 0.4) is 0 Å². The number of hydrogen-bond donors (Lipinski definition) is 2. The zero-order valence-electron chi connectivity index (χ0n) is 18.3. The molecule has 2 bridgehead atoms. The molecule has 1 saturated heterocycles. The SMILES string of the molecule is COc1cccc2c1O[C@@]1(C)[C@H](C(=O)Nc3ccc(Cl)cc3)[C@H]2NC(=S)N1c1ccc(F)cc1. The van der Waals surface area contributed by atoms with Crippen molar-refractivity contribution in [3.05, 3.63) is 83.1 Å². The number of thiocarbonyl (C=S) groups is 1. The van der Waals surface area contributed by atoms with Gasteiger partial charge in [0, 0.05) is 22.0 Å². The van der Waals surface area contributed by atoms with Crippen LogP contribution in [0.15, 0.2) is 66.7 Å². The lowest BCUT2D eigenvalue weighted by Gasteiger charge is -2.56. The molecular formula is C25H21ClFN3O3S. The molecule has 3 aromatic carbocycles. The van der Waals surface area contributed by atoms with Crippen LogP contribution in [0, 0.1) is 11.7 Å². The first kappa shape index (κ1) is 22.4. The third-order valence-electron chi connectivity index (χ3n) is 6.19. The number of nitrogens with zero attached hydrogens (tertiary/aromatic N) is 1. The van der Waals surface area contributed by atoms with Crippen LogP contribution in [-0.4, -0.2) is 23.9 Å². The van der Waals surface area contributed by atoms with Gasteiger partial charge in [-0.1, -0.05) is 23.7 Å². The van der Waals surface area contributed by atoms with Crippen molar-refractivity contribution in [2.24, 2.45) is 5.92 Å². The van der Waals surface area contributed by atoms with Gasteiger partial charge in [0.05, 0.1) is 13.2 Å². The van der Waals surface area contributed by atoms with E-state index in [1.807, 2.05) is 12.1 Å². The molecule has 2 aliphatic rings. The number of benzene rings is 3. The number of ether oxygens (including phenoxy) is 2. The number of halogens is 2. The highest BCUT2D eigenvalue weighted by atomic mass is 35.5. The molecule has 3 aromatic rings. The second kappa shape index (κ2) is 8.45. The largest absolute Gasteiger partial charge is 0.493 e. The number of rotatable bonds is 4. The number of anilines is 2. The number of fused-ring (bicyclic) bond motifs is 4. The quantitative estimate of drug-likeness (QED) is 0.478. The maximum absolute atomic E-state index is 13.7. The minimum Gasteiger partial charge on any atom is -0.493 e. The number of para-hydroxylation sites is 1. The Hall–Kier alpha value is -3.36. The van der Waals surface area contributed by atoms with Gasteiger partial charge in [-0.2, -0.15) is 0 Å². The minimum absolute atomic E-state index is 0.273. The molecule has 0 unspecified atom stereocenters. The molecule has 0 spiro atoms. The molecule has 1 fully saturated rings. The number of amides is 1. The van der Waals surface area contributed by atoms with Crippen molar-refractivity contribution in [1.82, 2.24) is 5.32 Å². The first-order chi connectivity index (χ1) is 16.3. The molecule has 5 rings (SSSR count). The van der Waals surface area contributed by atoms with Crippen LogP contribution in [0.5, 0.6) is 11.5 Å². The molecule has 2 N–H and O–H groups in total. The van der Waals surface area contributed by atoms with Crippen molar-refractivity contribution in [3.63, 3.8) is 0 Å². The summed E-state index contributed by atoms with van der Waals surface area (Å²) in [5.74, 6) is -0.324. The molecule has 2 aliphatic heterocycles. The van der Waals surface area contributed by atoms with Gasteiger partial charge in [0.1, 0.15) is 11.7 Å². The summed E-state index contributed by atoms with van der Waals surface area (Å²) in [6, 6.07) is 17.8. The van der Waals surface area contributed by atoms with Gasteiger partial charge in [0.25, 0.3) is 0 Å². The molecule has 0 aliphatic carbocycles. The van der Waals surface area contributed by atoms with Gasteiger partial charge in [-0.3, -0.25) is 9.69 Å². The van der Waals surface area contributed by atoms with Crippen LogP contribution in [0.4, 0.5) is 15.8 Å². The van der Waals surface area contributed by atoms with E-state index in [0.29, 0.717) is 33.0 Å².